The molecule has 0 radical (unpaired) electrons. The predicted octanol–water partition coefficient (Wildman–Crippen LogP) is 3.57. The lowest BCUT2D eigenvalue weighted by Gasteiger charge is -2.31. The van der Waals surface area contributed by atoms with Gasteiger partial charge in [-0.3, -0.25) is 9.59 Å². The van der Waals surface area contributed by atoms with Crippen molar-refractivity contribution in [2.24, 2.45) is 0 Å². The van der Waals surface area contributed by atoms with Crippen molar-refractivity contribution in [3.8, 4) is 5.69 Å². The number of carbonyl (C=O) groups is 2. The van der Waals surface area contributed by atoms with Gasteiger partial charge in [-0.05, 0) is 74.2 Å². The Hall–Kier alpha value is -3.19. The summed E-state index contributed by atoms with van der Waals surface area (Å²) in [5, 5.41) is 11.8. The molecule has 31 heavy (non-hydrogen) atoms. The molecule has 1 aliphatic rings. The van der Waals surface area contributed by atoms with Gasteiger partial charge in [-0.2, -0.15) is 0 Å². The summed E-state index contributed by atoms with van der Waals surface area (Å²) >= 11 is 5.87. The fourth-order valence-electron chi connectivity index (χ4n) is 3.62. The quantitative estimate of drug-likeness (QED) is 0.676. The number of amides is 2. The number of rotatable bonds is 4. The van der Waals surface area contributed by atoms with Gasteiger partial charge in [-0.1, -0.05) is 22.9 Å². The van der Waals surface area contributed by atoms with E-state index in [4.69, 9.17) is 11.6 Å². The van der Waals surface area contributed by atoms with Crippen molar-refractivity contribution in [3.05, 3.63) is 76.1 Å². The van der Waals surface area contributed by atoms with Gasteiger partial charge in [0, 0.05) is 29.7 Å². The molecule has 7 nitrogen and oxygen atoms in total. The summed E-state index contributed by atoms with van der Waals surface area (Å²) in [5.74, 6) is -0.268. The summed E-state index contributed by atoms with van der Waals surface area (Å²) in [4.78, 5) is 27.0. The first-order valence-corrected chi connectivity index (χ1v) is 10.6. The molecule has 1 fully saturated rings. The van der Waals surface area contributed by atoms with Crippen molar-refractivity contribution in [3.63, 3.8) is 0 Å². The molecule has 1 saturated heterocycles. The van der Waals surface area contributed by atoms with Gasteiger partial charge in [0.05, 0.1) is 11.9 Å². The van der Waals surface area contributed by atoms with Crippen molar-refractivity contribution < 1.29 is 9.59 Å². The Morgan fingerprint density at radius 1 is 1.03 bits per heavy atom. The summed E-state index contributed by atoms with van der Waals surface area (Å²) in [6.07, 6.45) is 3.05. The molecule has 0 bridgehead atoms. The van der Waals surface area contributed by atoms with Gasteiger partial charge in [0.1, 0.15) is 0 Å². The molecule has 0 aliphatic carbocycles. The number of aryl methyl sites for hydroxylation is 2. The van der Waals surface area contributed by atoms with Crippen molar-refractivity contribution in [1.82, 2.24) is 25.2 Å². The van der Waals surface area contributed by atoms with Gasteiger partial charge >= 0.3 is 0 Å². The van der Waals surface area contributed by atoms with E-state index in [0.29, 0.717) is 42.2 Å². The number of piperidine rings is 1. The van der Waals surface area contributed by atoms with E-state index in [1.807, 2.05) is 25.1 Å². The number of likely N-dealkylation sites (tertiary alicyclic amines) is 1. The molecule has 1 aromatic heterocycles. The second-order valence-electron chi connectivity index (χ2n) is 7.86. The van der Waals surface area contributed by atoms with Gasteiger partial charge in [0.25, 0.3) is 11.8 Å². The Morgan fingerprint density at radius 3 is 2.42 bits per heavy atom. The summed E-state index contributed by atoms with van der Waals surface area (Å²) in [6.45, 7) is 5.20. The first-order chi connectivity index (χ1) is 14.9. The number of carbonyl (C=O) groups excluding carboxylic acids is 2. The van der Waals surface area contributed by atoms with E-state index in [1.165, 1.54) is 5.56 Å². The minimum atomic E-state index is -0.141. The molecule has 3 aromatic rings. The third-order valence-corrected chi connectivity index (χ3v) is 5.94. The van der Waals surface area contributed by atoms with Crippen LogP contribution < -0.4 is 5.32 Å². The number of halogens is 1. The van der Waals surface area contributed by atoms with Crippen LogP contribution >= 0.6 is 11.6 Å². The molecular weight excluding hydrogens is 414 g/mol. The topological polar surface area (TPSA) is 80.1 Å². The first kappa shape index (κ1) is 21.1. The lowest BCUT2D eigenvalue weighted by Crippen LogP contribution is -2.46. The Morgan fingerprint density at radius 2 is 1.74 bits per heavy atom. The maximum Gasteiger partial charge on any atom is 0.276 e. The van der Waals surface area contributed by atoms with Gasteiger partial charge in [-0.25, -0.2) is 4.68 Å². The van der Waals surface area contributed by atoms with Gasteiger partial charge < -0.3 is 10.2 Å². The highest BCUT2D eigenvalue weighted by atomic mass is 35.5. The molecule has 0 saturated carbocycles. The third-order valence-electron chi connectivity index (χ3n) is 5.69. The van der Waals surface area contributed by atoms with Crippen molar-refractivity contribution in [2.45, 2.75) is 32.7 Å². The zero-order valence-electron chi connectivity index (χ0n) is 17.5. The largest absolute Gasteiger partial charge is 0.349 e. The molecule has 4 rings (SSSR count). The van der Waals surface area contributed by atoms with Crippen LogP contribution in [0.5, 0.6) is 0 Å². The Kier molecular flexibility index (Phi) is 6.04. The van der Waals surface area contributed by atoms with Crippen LogP contribution in [0.15, 0.2) is 48.7 Å². The zero-order chi connectivity index (χ0) is 22.0. The minimum absolute atomic E-state index is 0.0263. The smallest absolute Gasteiger partial charge is 0.276 e. The molecule has 1 N–H and O–H groups in total. The van der Waals surface area contributed by atoms with Crippen LogP contribution in [0.1, 0.15) is 44.8 Å². The number of benzene rings is 2. The summed E-state index contributed by atoms with van der Waals surface area (Å²) in [6, 6.07) is 12.8. The average Bonchev–Trinajstić information content (AvgIpc) is 3.26. The molecule has 0 unspecified atom stereocenters. The van der Waals surface area contributed by atoms with Crippen LogP contribution in [0.4, 0.5) is 0 Å². The summed E-state index contributed by atoms with van der Waals surface area (Å²) in [5.41, 5.74) is 4.13. The maximum absolute atomic E-state index is 12.9. The Labute approximate surface area is 186 Å². The van der Waals surface area contributed by atoms with E-state index < -0.39 is 0 Å². The fraction of sp³-hybridized carbons (Fsp3) is 0.304. The van der Waals surface area contributed by atoms with Crippen LogP contribution in [0.25, 0.3) is 5.69 Å². The van der Waals surface area contributed by atoms with Crippen LogP contribution in [0.2, 0.25) is 5.02 Å². The molecular formula is C23H24ClN5O2. The van der Waals surface area contributed by atoms with Crippen LogP contribution in [-0.2, 0) is 0 Å². The van der Waals surface area contributed by atoms with E-state index in [-0.39, 0.29) is 17.9 Å². The highest BCUT2D eigenvalue weighted by molar-refractivity contribution is 6.30. The number of nitrogens with zero attached hydrogens (tertiary/aromatic N) is 4. The van der Waals surface area contributed by atoms with Crippen LogP contribution in [0, 0.1) is 13.8 Å². The van der Waals surface area contributed by atoms with Crippen molar-refractivity contribution >= 4 is 23.4 Å². The second kappa shape index (κ2) is 8.89. The summed E-state index contributed by atoms with van der Waals surface area (Å²) < 4.78 is 1.62. The number of aromatic nitrogens is 3. The normalized spacial score (nSPS) is 14.5. The summed E-state index contributed by atoms with van der Waals surface area (Å²) in [7, 11) is 0. The van der Waals surface area contributed by atoms with E-state index >= 15 is 0 Å². The lowest BCUT2D eigenvalue weighted by atomic mass is 10.0. The third kappa shape index (κ3) is 4.77. The predicted molar refractivity (Wildman–Crippen MR) is 119 cm³/mol. The van der Waals surface area contributed by atoms with Gasteiger partial charge in [0.2, 0.25) is 0 Å². The van der Waals surface area contributed by atoms with Crippen LogP contribution in [-0.4, -0.2) is 50.8 Å². The highest BCUT2D eigenvalue weighted by Gasteiger charge is 2.26. The zero-order valence-corrected chi connectivity index (χ0v) is 18.3. The molecule has 1 aliphatic heterocycles. The highest BCUT2D eigenvalue weighted by Crippen LogP contribution is 2.17. The van der Waals surface area contributed by atoms with E-state index in [9.17, 15) is 9.59 Å². The molecule has 2 aromatic carbocycles. The molecule has 160 valence electrons. The fourth-order valence-corrected chi connectivity index (χ4v) is 3.74. The molecule has 8 heteroatoms. The molecule has 0 atom stereocenters. The maximum atomic E-state index is 12.9. The number of hydrogen-bond donors (Lipinski definition) is 1. The number of hydrogen-bond acceptors (Lipinski definition) is 4. The second-order valence-corrected chi connectivity index (χ2v) is 8.30. The van der Waals surface area contributed by atoms with E-state index in [2.05, 4.69) is 22.6 Å². The van der Waals surface area contributed by atoms with Crippen molar-refractivity contribution in [1.29, 1.82) is 0 Å². The number of nitrogens with one attached hydrogen (secondary N) is 1. The SMILES string of the molecule is Cc1ccc(-n2cc(C(=O)N3CCC(NC(=O)c4ccc(Cl)cc4)CC3)nn2)cc1C. The molecule has 2 amide bonds. The minimum Gasteiger partial charge on any atom is -0.349 e. The van der Waals surface area contributed by atoms with Crippen LogP contribution in [0.3, 0.4) is 0 Å². The molecule has 2 heterocycles. The van der Waals surface area contributed by atoms with Crippen molar-refractivity contribution in [2.75, 3.05) is 13.1 Å². The van der Waals surface area contributed by atoms with E-state index in [0.717, 1.165) is 11.3 Å². The Bertz CT molecular complexity index is 1100. The monoisotopic (exact) mass is 437 g/mol. The van der Waals surface area contributed by atoms with E-state index in [1.54, 1.807) is 40.0 Å². The molecule has 0 spiro atoms. The van der Waals surface area contributed by atoms with Gasteiger partial charge in [0.15, 0.2) is 5.69 Å². The Balaban J connectivity index is 1.34. The lowest BCUT2D eigenvalue weighted by molar-refractivity contribution is 0.0692. The first-order valence-electron chi connectivity index (χ1n) is 10.3. The van der Waals surface area contributed by atoms with Gasteiger partial charge in [-0.15, -0.1) is 5.10 Å². The standard InChI is InChI=1S/C23H24ClN5O2/c1-15-3-8-20(13-16(15)2)29-14-21(26-27-29)23(31)28-11-9-19(10-12-28)25-22(30)17-4-6-18(24)7-5-17/h3-8,13-14,19H,9-12H2,1-2H3,(H,25,30). The average molecular weight is 438 g/mol.